The van der Waals surface area contributed by atoms with E-state index in [4.69, 9.17) is 10.5 Å². The number of carbonyl (C=O) groups is 2. The van der Waals surface area contributed by atoms with Gasteiger partial charge in [0.05, 0.1) is 25.4 Å². The number of benzene rings is 1. The van der Waals surface area contributed by atoms with E-state index in [1.807, 2.05) is 12.1 Å². The summed E-state index contributed by atoms with van der Waals surface area (Å²) < 4.78 is 6.25. The van der Waals surface area contributed by atoms with Crippen LogP contribution >= 0.6 is 0 Å². The second-order valence-electron chi connectivity index (χ2n) is 6.09. The van der Waals surface area contributed by atoms with E-state index in [2.05, 4.69) is 15.2 Å². The Balaban J connectivity index is 1.82. The van der Waals surface area contributed by atoms with Gasteiger partial charge in [0.15, 0.2) is 0 Å². The van der Waals surface area contributed by atoms with Gasteiger partial charge in [-0.2, -0.15) is 0 Å². The summed E-state index contributed by atoms with van der Waals surface area (Å²) in [5.41, 5.74) is 8.73. The molecule has 0 atom stereocenters. The molecule has 0 saturated heterocycles. The van der Waals surface area contributed by atoms with Gasteiger partial charge in [-0.3, -0.25) is 4.79 Å². The van der Waals surface area contributed by atoms with Gasteiger partial charge in [0.25, 0.3) is 0 Å². The van der Waals surface area contributed by atoms with Crippen LogP contribution in [0.3, 0.4) is 0 Å². The summed E-state index contributed by atoms with van der Waals surface area (Å²) in [5.74, 6) is -0.778. The maximum atomic E-state index is 11.8. The molecular formula is C17H21N5O3. The number of methoxy groups -OCH3 is 1. The van der Waals surface area contributed by atoms with Crippen molar-refractivity contribution < 1.29 is 14.3 Å². The van der Waals surface area contributed by atoms with E-state index in [0.29, 0.717) is 12.1 Å². The lowest BCUT2D eigenvalue weighted by atomic mass is 10.0. The number of fused-ring (bicyclic) bond motifs is 1. The molecule has 0 unspecified atom stereocenters. The van der Waals surface area contributed by atoms with Crippen LogP contribution in [0.4, 0.5) is 5.69 Å². The van der Waals surface area contributed by atoms with Gasteiger partial charge in [0.2, 0.25) is 5.91 Å². The van der Waals surface area contributed by atoms with Crippen LogP contribution < -0.4 is 10.6 Å². The number of anilines is 1. The summed E-state index contributed by atoms with van der Waals surface area (Å²) in [7, 11) is 1.38. The molecule has 1 aliphatic rings. The number of hydrogen-bond acceptors (Lipinski definition) is 6. The number of aryl methyl sites for hydroxylation is 1. The first kappa shape index (κ1) is 16.9. The van der Waals surface area contributed by atoms with Gasteiger partial charge in [-0.15, -0.1) is 5.10 Å². The molecule has 3 rings (SSSR count). The molecule has 1 aromatic heterocycles. The molecule has 0 spiro atoms. The number of rotatable bonds is 5. The fourth-order valence-electron chi connectivity index (χ4n) is 3.09. The van der Waals surface area contributed by atoms with Crippen molar-refractivity contribution in [3.8, 4) is 0 Å². The Hall–Kier alpha value is -2.90. The number of aromatic nitrogens is 3. The maximum absolute atomic E-state index is 11.8. The normalized spacial score (nSPS) is 13.9. The van der Waals surface area contributed by atoms with E-state index in [-0.39, 0.29) is 12.5 Å². The Morgan fingerprint density at radius 3 is 2.92 bits per heavy atom. The largest absolute Gasteiger partial charge is 0.465 e. The van der Waals surface area contributed by atoms with Gasteiger partial charge in [-0.05, 0) is 43.0 Å². The predicted molar refractivity (Wildman–Crippen MR) is 91.0 cm³/mol. The molecule has 8 nitrogen and oxygen atoms in total. The van der Waals surface area contributed by atoms with Crippen LogP contribution in [0.15, 0.2) is 24.4 Å². The quantitative estimate of drug-likeness (QED) is 0.809. The zero-order valence-electron chi connectivity index (χ0n) is 14.1. The van der Waals surface area contributed by atoms with Crippen LogP contribution in [0.2, 0.25) is 0 Å². The van der Waals surface area contributed by atoms with Gasteiger partial charge in [-0.25, -0.2) is 9.48 Å². The molecule has 0 radical (unpaired) electrons. The molecule has 2 N–H and O–H groups in total. The molecule has 25 heavy (non-hydrogen) atoms. The van der Waals surface area contributed by atoms with Crippen molar-refractivity contribution in [2.45, 2.75) is 32.4 Å². The number of hydrogen-bond donors (Lipinski definition) is 1. The fourth-order valence-corrected chi connectivity index (χ4v) is 3.09. The van der Waals surface area contributed by atoms with E-state index >= 15 is 0 Å². The van der Waals surface area contributed by atoms with Crippen molar-refractivity contribution in [3.63, 3.8) is 0 Å². The molecule has 0 aliphatic carbocycles. The highest BCUT2D eigenvalue weighted by Gasteiger charge is 2.19. The molecule has 1 aliphatic heterocycles. The van der Waals surface area contributed by atoms with E-state index in [1.165, 1.54) is 11.8 Å². The summed E-state index contributed by atoms with van der Waals surface area (Å²) in [6.07, 6.45) is 4.77. The second kappa shape index (κ2) is 7.33. The predicted octanol–water partition coefficient (Wildman–Crippen LogP) is 0.893. The Bertz CT molecular complexity index is 786. The maximum Gasteiger partial charge on any atom is 0.337 e. The molecule has 0 fully saturated rings. The SMILES string of the molecule is COC(=O)c1ccc2c(c1)CCCCN2Cc1cn(CC(N)=O)nn1. The van der Waals surface area contributed by atoms with Crippen LogP contribution in [0, 0.1) is 0 Å². The lowest BCUT2D eigenvalue weighted by Crippen LogP contribution is -2.24. The highest BCUT2D eigenvalue weighted by molar-refractivity contribution is 5.90. The third-order valence-corrected chi connectivity index (χ3v) is 4.22. The summed E-state index contributed by atoms with van der Waals surface area (Å²) in [5, 5.41) is 8.04. The Morgan fingerprint density at radius 1 is 1.32 bits per heavy atom. The zero-order valence-corrected chi connectivity index (χ0v) is 14.1. The van der Waals surface area contributed by atoms with Crippen molar-refractivity contribution in [3.05, 3.63) is 41.2 Å². The smallest absolute Gasteiger partial charge is 0.337 e. The highest BCUT2D eigenvalue weighted by atomic mass is 16.5. The number of carbonyl (C=O) groups excluding carboxylic acids is 2. The van der Waals surface area contributed by atoms with Crippen molar-refractivity contribution in [1.29, 1.82) is 0 Å². The summed E-state index contributed by atoms with van der Waals surface area (Å²) >= 11 is 0. The number of nitrogens with zero attached hydrogens (tertiary/aromatic N) is 4. The highest BCUT2D eigenvalue weighted by Crippen LogP contribution is 2.28. The fraction of sp³-hybridized carbons (Fsp3) is 0.412. The van der Waals surface area contributed by atoms with E-state index in [9.17, 15) is 9.59 Å². The lowest BCUT2D eigenvalue weighted by Gasteiger charge is -2.24. The van der Waals surface area contributed by atoms with Gasteiger partial charge in [0, 0.05) is 12.2 Å². The first-order valence-corrected chi connectivity index (χ1v) is 8.20. The van der Waals surface area contributed by atoms with Crippen molar-refractivity contribution in [2.24, 2.45) is 5.73 Å². The Morgan fingerprint density at radius 2 is 2.16 bits per heavy atom. The molecule has 2 aromatic rings. The van der Waals surface area contributed by atoms with Crippen molar-refractivity contribution >= 4 is 17.6 Å². The minimum absolute atomic E-state index is 0.0199. The number of esters is 1. The molecule has 0 bridgehead atoms. The third-order valence-electron chi connectivity index (χ3n) is 4.22. The molecular weight excluding hydrogens is 322 g/mol. The molecule has 1 amide bonds. The van der Waals surface area contributed by atoms with Gasteiger partial charge >= 0.3 is 5.97 Å². The monoisotopic (exact) mass is 343 g/mol. The zero-order chi connectivity index (χ0) is 17.8. The van der Waals surface area contributed by atoms with E-state index in [0.717, 1.165) is 42.8 Å². The average Bonchev–Trinajstić information content (AvgIpc) is 2.92. The molecule has 2 heterocycles. The average molecular weight is 343 g/mol. The second-order valence-corrected chi connectivity index (χ2v) is 6.09. The summed E-state index contributed by atoms with van der Waals surface area (Å²) in [6, 6.07) is 5.65. The summed E-state index contributed by atoms with van der Waals surface area (Å²) in [4.78, 5) is 25.0. The third kappa shape index (κ3) is 3.96. The molecule has 1 aromatic carbocycles. The molecule has 8 heteroatoms. The van der Waals surface area contributed by atoms with E-state index in [1.54, 1.807) is 12.3 Å². The first-order chi connectivity index (χ1) is 12.1. The van der Waals surface area contributed by atoms with Crippen LogP contribution in [0.5, 0.6) is 0 Å². The van der Waals surface area contributed by atoms with Gasteiger partial charge < -0.3 is 15.4 Å². The number of nitrogens with two attached hydrogens (primary N) is 1. The van der Waals surface area contributed by atoms with Crippen LogP contribution in [0.25, 0.3) is 0 Å². The van der Waals surface area contributed by atoms with Crippen LogP contribution in [-0.2, 0) is 29.0 Å². The Labute approximate surface area is 145 Å². The molecule has 0 saturated carbocycles. The number of amides is 1. The van der Waals surface area contributed by atoms with E-state index < -0.39 is 5.91 Å². The first-order valence-electron chi connectivity index (χ1n) is 8.20. The van der Waals surface area contributed by atoms with Gasteiger partial charge in [-0.1, -0.05) is 5.21 Å². The van der Waals surface area contributed by atoms with Crippen molar-refractivity contribution in [2.75, 3.05) is 18.6 Å². The topological polar surface area (TPSA) is 103 Å². The Kier molecular flexibility index (Phi) is 4.97. The number of primary amides is 1. The number of ether oxygens (including phenoxy) is 1. The van der Waals surface area contributed by atoms with Gasteiger partial charge in [0.1, 0.15) is 12.2 Å². The van der Waals surface area contributed by atoms with Crippen LogP contribution in [0.1, 0.15) is 34.5 Å². The minimum atomic E-state index is -0.452. The summed E-state index contributed by atoms with van der Waals surface area (Å²) in [6.45, 7) is 1.50. The lowest BCUT2D eigenvalue weighted by molar-refractivity contribution is -0.118. The standard InChI is InChI=1S/C17H21N5O3/c1-25-17(24)13-5-6-15-12(8-13)4-2-3-7-21(15)9-14-10-22(20-19-14)11-16(18)23/h5-6,8,10H,2-4,7,9,11H2,1H3,(H2,18,23). The van der Waals surface area contributed by atoms with Crippen LogP contribution in [-0.4, -0.2) is 40.5 Å². The van der Waals surface area contributed by atoms with Crippen molar-refractivity contribution in [1.82, 2.24) is 15.0 Å². The molecule has 132 valence electrons. The minimum Gasteiger partial charge on any atom is -0.465 e.